The van der Waals surface area contributed by atoms with Gasteiger partial charge in [-0.1, -0.05) is 19.1 Å². The average Bonchev–Trinajstić information content (AvgIpc) is 2.34. The molecule has 7 heteroatoms. The molecule has 0 fully saturated rings. The van der Waals surface area contributed by atoms with Gasteiger partial charge in [0.05, 0.1) is 0 Å². The molecule has 0 saturated heterocycles. The lowest BCUT2D eigenvalue weighted by Crippen LogP contribution is -2.20. The molecule has 0 saturated carbocycles. The van der Waals surface area contributed by atoms with Crippen molar-refractivity contribution in [2.24, 2.45) is 0 Å². The highest BCUT2D eigenvalue weighted by atomic mass is 32.2. The van der Waals surface area contributed by atoms with E-state index >= 15 is 0 Å². The molecule has 0 bridgehead atoms. The summed E-state index contributed by atoms with van der Waals surface area (Å²) in [6.45, 7) is 2.99. The fraction of sp³-hybridized carbons (Fsp3) is 0.500. The Morgan fingerprint density at radius 1 is 1.26 bits per heavy atom. The topological polar surface area (TPSA) is 38.3 Å². The molecule has 0 radical (unpaired) electrons. The van der Waals surface area contributed by atoms with Crippen LogP contribution in [0.4, 0.5) is 13.2 Å². The van der Waals surface area contributed by atoms with E-state index in [0.717, 1.165) is 5.56 Å². The van der Waals surface area contributed by atoms with E-state index in [9.17, 15) is 17.4 Å². The van der Waals surface area contributed by atoms with E-state index in [4.69, 9.17) is 0 Å². The molecule has 3 nitrogen and oxygen atoms in total. The Morgan fingerprint density at radius 3 is 2.42 bits per heavy atom. The van der Waals surface area contributed by atoms with Crippen molar-refractivity contribution in [2.45, 2.75) is 19.8 Å². The normalized spacial score (nSPS) is 13.3. The zero-order valence-corrected chi connectivity index (χ0v) is 11.3. The van der Waals surface area contributed by atoms with Crippen LogP contribution in [-0.2, 0) is 17.3 Å². The molecule has 1 unspecified atom stereocenters. The SMILES string of the molecule is CCS(=O)CCNCc1ccc(OC(F)(F)F)cc1. The minimum atomic E-state index is -4.66. The minimum absolute atomic E-state index is 0.233. The Balaban J connectivity index is 2.34. The van der Waals surface area contributed by atoms with E-state index in [1.165, 1.54) is 12.1 Å². The molecule has 0 heterocycles. The van der Waals surface area contributed by atoms with Crippen LogP contribution in [0, 0.1) is 0 Å². The highest BCUT2D eigenvalue weighted by Crippen LogP contribution is 2.22. The molecule has 0 aliphatic rings. The van der Waals surface area contributed by atoms with E-state index in [1.807, 2.05) is 6.92 Å². The van der Waals surface area contributed by atoms with Crippen molar-refractivity contribution in [3.8, 4) is 5.75 Å². The van der Waals surface area contributed by atoms with E-state index < -0.39 is 17.2 Å². The molecular weight excluding hydrogens is 279 g/mol. The molecule has 1 aromatic rings. The number of nitrogens with one attached hydrogen (secondary N) is 1. The van der Waals surface area contributed by atoms with Gasteiger partial charge in [0.25, 0.3) is 0 Å². The molecule has 108 valence electrons. The summed E-state index contributed by atoms with van der Waals surface area (Å²) in [5.41, 5.74) is 0.844. The standard InChI is InChI=1S/C12H16F3NO2S/c1-2-19(17)8-7-16-9-10-3-5-11(6-4-10)18-12(13,14)15/h3-6,16H,2,7-9H2,1H3. The Hall–Kier alpha value is -1.08. The van der Waals surface area contributed by atoms with Gasteiger partial charge >= 0.3 is 6.36 Å². The third kappa shape index (κ3) is 7.17. The van der Waals surface area contributed by atoms with Crippen LogP contribution in [0.3, 0.4) is 0 Å². The van der Waals surface area contributed by atoms with E-state index in [-0.39, 0.29) is 5.75 Å². The van der Waals surface area contributed by atoms with Gasteiger partial charge in [0, 0.05) is 35.4 Å². The lowest BCUT2D eigenvalue weighted by atomic mass is 10.2. The van der Waals surface area contributed by atoms with Crippen molar-refractivity contribution in [1.29, 1.82) is 0 Å². The van der Waals surface area contributed by atoms with E-state index in [1.54, 1.807) is 12.1 Å². The summed E-state index contributed by atoms with van der Waals surface area (Å²) in [6, 6.07) is 5.67. The molecular formula is C12H16F3NO2S. The second kappa shape index (κ2) is 7.49. The van der Waals surface area contributed by atoms with Crippen LogP contribution in [0.25, 0.3) is 0 Å². The van der Waals surface area contributed by atoms with Gasteiger partial charge in [-0.25, -0.2) is 0 Å². The van der Waals surface area contributed by atoms with Crippen LogP contribution < -0.4 is 10.1 Å². The van der Waals surface area contributed by atoms with Gasteiger partial charge in [0.1, 0.15) is 5.75 Å². The van der Waals surface area contributed by atoms with Crippen molar-refractivity contribution < 1.29 is 22.1 Å². The van der Waals surface area contributed by atoms with Gasteiger partial charge in [-0.3, -0.25) is 4.21 Å². The number of hydrogen-bond donors (Lipinski definition) is 1. The molecule has 1 atom stereocenters. The predicted octanol–water partition coefficient (Wildman–Crippen LogP) is 2.44. The lowest BCUT2D eigenvalue weighted by Gasteiger charge is -2.09. The van der Waals surface area contributed by atoms with Gasteiger partial charge in [-0.2, -0.15) is 0 Å². The fourth-order valence-electron chi connectivity index (χ4n) is 1.37. The quantitative estimate of drug-likeness (QED) is 0.785. The summed E-state index contributed by atoms with van der Waals surface area (Å²) in [6.07, 6.45) is -4.66. The van der Waals surface area contributed by atoms with Crippen LogP contribution in [0.15, 0.2) is 24.3 Å². The van der Waals surface area contributed by atoms with Crippen LogP contribution >= 0.6 is 0 Å². The van der Waals surface area contributed by atoms with Gasteiger partial charge < -0.3 is 10.1 Å². The van der Waals surface area contributed by atoms with E-state index in [0.29, 0.717) is 24.6 Å². The third-order valence-corrected chi connectivity index (χ3v) is 3.62. The highest BCUT2D eigenvalue weighted by molar-refractivity contribution is 7.84. The summed E-state index contributed by atoms with van der Waals surface area (Å²) in [7, 11) is -0.807. The molecule has 19 heavy (non-hydrogen) atoms. The number of hydrogen-bond acceptors (Lipinski definition) is 3. The first-order valence-electron chi connectivity index (χ1n) is 5.81. The van der Waals surface area contributed by atoms with Crippen LogP contribution in [0.2, 0.25) is 0 Å². The first kappa shape index (κ1) is 16.0. The predicted molar refractivity (Wildman–Crippen MR) is 68.4 cm³/mol. The average molecular weight is 295 g/mol. The number of halogens is 3. The van der Waals surface area contributed by atoms with Gasteiger partial charge in [0.15, 0.2) is 0 Å². The van der Waals surface area contributed by atoms with Crippen molar-refractivity contribution in [2.75, 3.05) is 18.1 Å². The van der Waals surface area contributed by atoms with Gasteiger partial charge in [-0.05, 0) is 17.7 Å². The summed E-state index contributed by atoms with van der Waals surface area (Å²) in [5.74, 6) is 0.972. The second-order valence-electron chi connectivity index (χ2n) is 3.80. The van der Waals surface area contributed by atoms with E-state index in [2.05, 4.69) is 10.1 Å². The van der Waals surface area contributed by atoms with Crippen molar-refractivity contribution in [3.63, 3.8) is 0 Å². The maximum absolute atomic E-state index is 11.9. The Kier molecular flexibility index (Phi) is 6.30. The Labute approximate surface area is 112 Å². The molecule has 0 aliphatic heterocycles. The Bertz CT molecular complexity index is 406. The first-order chi connectivity index (χ1) is 8.90. The van der Waals surface area contributed by atoms with Crippen molar-refractivity contribution in [1.82, 2.24) is 5.32 Å². The number of ether oxygens (including phenoxy) is 1. The second-order valence-corrected chi connectivity index (χ2v) is 5.67. The van der Waals surface area contributed by atoms with Crippen LogP contribution in [0.5, 0.6) is 5.75 Å². The third-order valence-electron chi connectivity index (χ3n) is 2.31. The molecule has 1 aromatic carbocycles. The zero-order valence-electron chi connectivity index (χ0n) is 10.5. The van der Waals surface area contributed by atoms with Crippen molar-refractivity contribution >= 4 is 10.8 Å². The molecule has 1 rings (SSSR count). The lowest BCUT2D eigenvalue weighted by molar-refractivity contribution is -0.274. The fourth-order valence-corrected chi connectivity index (χ4v) is 2.03. The summed E-state index contributed by atoms with van der Waals surface area (Å²) < 4.78 is 50.7. The number of alkyl halides is 3. The smallest absolute Gasteiger partial charge is 0.406 e. The van der Waals surface area contributed by atoms with Gasteiger partial charge in [0.2, 0.25) is 0 Å². The Morgan fingerprint density at radius 2 is 1.89 bits per heavy atom. The molecule has 0 aromatic heterocycles. The molecule has 0 aliphatic carbocycles. The highest BCUT2D eigenvalue weighted by Gasteiger charge is 2.30. The number of rotatable bonds is 7. The first-order valence-corrected chi connectivity index (χ1v) is 7.30. The maximum Gasteiger partial charge on any atom is 0.573 e. The van der Waals surface area contributed by atoms with Gasteiger partial charge in [-0.15, -0.1) is 13.2 Å². The summed E-state index contributed by atoms with van der Waals surface area (Å²) in [4.78, 5) is 0. The number of benzene rings is 1. The maximum atomic E-state index is 11.9. The molecule has 0 amide bonds. The molecule has 1 N–H and O–H groups in total. The van der Waals surface area contributed by atoms with Crippen LogP contribution in [0.1, 0.15) is 12.5 Å². The minimum Gasteiger partial charge on any atom is -0.406 e. The summed E-state index contributed by atoms with van der Waals surface area (Å²) >= 11 is 0. The monoisotopic (exact) mass is 295 g/mol. The molecule has 0 spiro atoms. The van der Waals surface area contributed by atoms with Crippen LogP contribution in [-0.4, -0.2) is 28.6 Å². The van der Waals surface area contributed by atoms with Crippen molar-refractivity contribution in [3.05, 3.63) is 29.8 Å². The largest absolute Gasteiger partial charge is 0.573 e. The zero-order chi connectivity index (χ0) is 14.3. The summed E-state index contributed by atoms with van der Waals surface area (Å²) in [5, 5.41) is 3.08.